The lowest BCUT2D eigenvalue weighted by Gasteiger charge is -2.26. The van der Waals surface area contributed by atoms with E-state index >= 15 is 0 Å². The molecule has 0 amide bonds. The molecule has 0 rings (SSSR count). The van der Waals surface area contributed by atoms with Crippen molar-refractivity contribution in [1.29, 1.82) is 0 Å². The number of Topliss-reactive ketones (excluding diaryl/α,β-unsaturated/α-hetero) is 1. The number of ketones is 1. The largest absolute Gasteiger partial charge is 0.327 e. The van der Waals surface area contributed by atoms with Crippen molar-refractivity contribution >= 4 is 5.78 Å². The van der Waals surface area contributed by atoms with Gasteiger partial charge in [0.15, 0.2) is 0 Å². The molecule has 2 N–H and O–H groups in total. The van der Waals surface area contributed by atoms with Gasteiger partial charge in [-0.05, 0) is 11.8 Å². The third kappa shape index (κ3) is 7.55. The fourth-order valence-electron chi connectivity index (χ4n) is 1.40. The van der Waals surface area contributed by atoms with Crippen molar-refractivity contribution in [2.45, 2.75) is 72.3 Å². The number of hydrogen-bond donors (Lipinski definition) is 1. The van der Waals surface area contributed by atoms with Crippen molar-refractivity contribution in [1.82, 2.24) is 0 Å². The first-order valence-electron chi connectivity index (χ1n) is 6.15. The Balaban J connectivity index is 3.65. The van der Waals surface area contributed by atoms with Crippen LogP contribution in [-0.4, -0.2) is 11.8 Å². The Kier molecular flexibility index (Phi) is 6.82. The van der Waals surface area contributed by atoms with E-state index in [4.69, 9.17) is 5.73 Å². The molecule has 15 heavy (non-hydrogen) atoms. The van der Waals surface area contributed by atoms with E-state index in [9.17, 15) is 4.79 Å². The Labute approximate surface area is 94.6 Å². The first kappa shape index (κ1) is 14.6. The van der Waals surface area contributed by atoms with Crippen molar-refractivity contribution in [3.8, 4) is 0 Å². The van der Waals surface area contributed by atoms with Crippen LogP contribution in [0.1, 0.15) is 66.2 Å². The fraction of sp³-hybridized carbons (Fsp3) is 0.923. The number of unbranched alkanes of at least 4 members (excludes halogenated alkanes) is 3. The quantitative estimate of drug-likeness (QED) is 0.659. The molecule has 0 aromatic rings. The summed E-state index contributed by atoms with van der Waals surface area (Å²) >= 11 is 0. The van der Waals surface area contributed by atoms with Crippen LogP contribution in [0.2, 0.25) is 0 Å². The molecule has 90 valence electrons. The number of hydrogen-bond acceptors (Lipinski definition) is 2. The minimum atomic E-state index is -0.00354. The highest BCUT2D eigenvalue weighted by molar-refractivity contribution is 5.79. The molecule has 0 bridgehead atoms. The molecule has 2 heteroatoms. The van der Waals surface area contributed by atoms with E-state index < -0.39 is 0 Å². The first-order valence-corrected chi connectivity index (χ1v) is 6.15. The van der Waals surface area contributed by atoms with Gasteiger partial charge in [0.1, 0.15) is 5.78 Å². The lowest BCUT2D eigenvalue weighted by atomic mass is 9.84. The highest BCUT2D eigenvalue weighted by Crippen LogP contribution is 2.20. The highest BCUT2D eigenvalue weighted by Gasteiger charge is 2.22. The molecule has 2 nitrogen and oxygen atoms in total. The van der Waals surface area contributed by atoms with Crippen molar-refractivity contribution in [3.05, 3.63) is 0 Å². The summed E-state index contributed by atoms with van der Waals surface area (Å²) in [6.07, 6.45) is 5.91. The second kappa shape index (κ2) is 7.00. The molecular formula is C13H27NO. The van der Waals surface area contributed by atoms with Crippen LogP contribution in [0.25, 0.3) is 0 Å². The fourth-order valence-corrected chi connectivity index (χ4v) is 1.40. The minimum absolute atomic E-state index is 0.00354. The zero-order valence-corrected chi connectivity index (χ0v) is 10.8. The van der Waals surface area contributed by atoms with Crippen LogP contribution in [0.5, 0.6) is 0 Å². The maximum absolute atomic E-state index is 11.6. The van der Waals surface area contributed by atoms with E-state index in [0.717, 1.165) is 6.42 Å². The first-order chi connectivity index (χ1) is 6.88. The summed E-state index contributed by atoms with van der Waals surface area (Å²) in [5.74, 6) is 0.327. The number of nitrogens with two attached hydrogens (primary N) is 1. The summed E-state index contributed by atoms with van der Waals surface area (Å²) in [6.45, 7) is 8.43. The lowest BCUT2D eigenvalue weighted by molar-refractivity contribution is -0.120. The number of carbonyl (C=O) groups is 1. The summed E-state index contributed by atoms with van der Waals surface area (Å²) in [4.78, 5) is 11.6. The molecule has 0 radical (unpaired) electrons. The minimum Gasteiger partial charge on any atom is -0.327 e. The topological polar surface area (TPSA) is 43.1 Å². The Morgan fingerprint density at radius 2 is 1.80 bits per heavy atom. The van der Waals surface area contributed by atoms with Crippen LogP contribution in [0.15, 0.2) is 0 Å². The van der Waals surface area contributed by atoms with Crippen LogP contribution in [-0.2, 0) is 4.79 Å². The second-order valence-corrected chi connectivity index (χ2v) is 5.53. The lowest BCUT2D eigenvalue weighted by Crippen LogP contribution is -2.36. The van der Waals surface area contributed by atoms with Gasteiger partial charge in [-0.3, -0.25) is 4.79 Å². The van der Waals surface area contributed by atoms with Crippen molar-refractivity contribution in [2.75, 3.05) is 0 Å². The van der Waals surface area contributed by atoms with Gasteiger partial charge in [-0.2, -0.15) is 0 Å². The second-order valence-electron chi connectivity index (χ2n) is 5.53. The summed E-state index contributed by atoms with van der Waals surface area (Å²) in [7, 11) is 0. The Morgan fingerprint density at radius 1 is 1.20 bits per heavy atom. The molecule has 1 atom stereocenters. The van der Waals surface area contributed by atoms with Crippen LogP contribution in [0, 0.1) is 5.41 Å². The summed E-state index contributed by atoms with van der Waals surface area (Å²) in [5, 5.41) is 0. The molecule has 0 fully saturated rings. The normalized spacial score (nSPS) is 13.9. The van der Waals surface area contributed by atoms with Crippen molar-refractivity contribution in [2.24, 2.45) is 11.1 Å². The van der Waals surface area contributed by atoms with E-state index in [1.165, 1.54) is 19.3 Å². The van der Waals surface area contributed by atoms with Crippen molar-refractivity contribution < 1.29 is 4.79 Å². The van der Waals surface area contributed by atoms with E-state index in [1.807, 2.05) is 0 Å². The number of rotatable bonds is 7. The van der Waals surface area contributed by atoms with Gasteiger partial charge in [-0.1, -0.05) is 47.0 Å². The molecule has 0 heterocycles. The van der Waals surface area contributed by atoms with Crippen LogP contribution < -0.4 is 5.73 Å². The predicted octanol–water partition coefficient (Wildman–Crippen LogP) is 3.29. The van der Waals surface area contributed by atoms with E-state index in [0.29, 0.717) is 18.6 Å². The summed E-state index contributed by atoms with van der Waals surface area (Å²) in [5.41, 5.74) is 6.00. The average Bonchev–Trinajstić information content (AvgIpc) is 2.11. The van der Waals surface area contributed by atoms with Gasteiger partial charge in [0.2, 0.25) is 0 Å². The van der Waals surface area contributed by atoms with Gasteiger partial charge < -0.3 is 5.73 Å². The van der Waals surface area contributed by atoms with E-state index in [-0.39, 0.29) is 11.5 Å². The molecular weight excluding hydrogens is 186 g/mol. The smallest absolute Gasteiger partial charge is 0.134 e. The Morgan fingerprint density at radius 3 is 2.27 bits per heavy atom. The highest BCUT2D eigenvalue weighted by atomic mass is 16.1. The average molecular weight is 213 g/mol. The van der Waals surface area contributed by atoms with Gasteiger partial charge in [0, 0.05) is 18.9 Å². The van der Waals surface area contributed by atoms with Crippen molar-refractivity contribution in [3.63, 3.8) is 0 Å². The zero-order valence-electron chi connectivity index (χ0n) is 10.8. The summed E-state index contributed by atoms with van der Waals surface area (Å²) < 4.78 is 0. The third-order valence-corrected chi connectivity index (χ3v) is 2.87. The third-order valence-electron chi connectivity index (χ3n) is 2.87. The van der Waals surface area contributed by atoms with Crippen LogP contribution in [0.4, 0.5) is 0 Å². The van der Waals surface area contributed by atoms with Gasteiger partial charge in [0.25, 0.3) is 0 Å². The van der Waals surface area contributed by atoms with Crippen LogP contribution in [0.3, 0.4) is 0 Å². The van der Waals surface area contributed by atoms with Gasteiger partial charge >= 0.3 is 0 Å². The van der Waals surface area contributed by atoms with Gasteiger partial charge in [0.05, 0.1) is 0 Å². The molecule has 1 unspecified atom stereocenters. The monoisotopic (exact) mass is 213 g/mol. The van der Waals surface area contributed by atoms with Gasteiger partial charge in [-0.15, -0.1) is 0 Å². The zero-order chi connectivity index (χ0) is 11.9. The summed E-state index contributed by atoms with van der Waals surface area (Å²) in [6, 6.07) is -0.00354. The number of carbonyl (C=O) groups excluding carboxylic acids is 1. The standard InChI is InChI=1S/C13H27NO/c1-5-6-7-8-9-11(15)10-12(14)13(2,3)4/h12H,5-10,14H2,1-4H3. The van der Waals surface area contributed by atoms with Crippen LogP contribution >= 0.6 is 0 Å². The molecule has 0 aromatic carbocycles. The molecule has 0 aliphatic heterocycles. The Bertz CT molecular complexity index is 181. The molecule has 0 spiro atoms. The molecule has 0 aliphatic rings. The van der Waals surface area contributed by atoms with Gasteiger partial charge in [-0.25, -0.2) is 0 Å². The molecule has 0 saturated heterocycles. The Hall–Kier alpha value is -0.370. The van der Waals surface area contributed by atoms with E-state index in [2.05, 4.69) is 27.7 Å². The molecule has 0 aromatic heterocycles. The molecule has 0 aliphatic carbocycles. The predicted molar refractivity (Wildman–Crippen MR) is 65.8 cm³/mol. The molecule has 0 saturated carbocycles. The maximum atomic E-state index is 11.6. The maximum Gasteiger partial charge on any atom is 0.134 e. The SMILES string of the molecule is CCCCCCC(=O)CC(N)C(C)(C)C. The van der Waals surface area contributed by atoms with E-state index in [1.54, 1.807) is 0 Å².